The molecule has 0 aliphatic heterocycles. The van der Waals surface area contributed by atoms with Crippen LogP contribution in [-0.4, -0.2) is 38.2 Å². The van der Waals surface area contributed by atoms with Gasteiger partial charge in [-0.25, -0.2) is 0 Å². The standard InChI is InChI=1S/C4H7N3O.CH4O3S/c5-1-2-7-4(8)3-6;1-5(2,3)4/h2-3,6H2,(H,7,8);1H3,(H,2,3,4). The van der Waals surface area contributed by atoms with E-state index in [-0.39, 0.29) is 19.0 Å². The molecule has 0 saturated heterocycles. The van der Waals surface area contributed by atoms with Crippen molar-refractivity contribution in [2.24, 2.45) is 5.73 Å². The van der Waals surface area contributed by atoms with Crippen LogP contribution in [0.15, 0.2) is 0 Å². The molecule has 0 radical (unpaired) electrons. The second-order valence-corrected chi connectivity index (χ2v) is 3.34. The summed E-state index contributed by atoms with van der Waals surface area (Å²) in [7, 11) is -3.67. The molecule has 0 aromatic heterocycles. The Kier molecular flexibility index (Phi) is 8.26. The highest BCUT2D eigenvalue weighted by Gasteiger charge is 1.90. The lowest BCUT2D eigenvalue weighted by Gasteiger charge is -1.92. The Hall–Kier alpha value is -1.17. The highest BCUT2D eigenvalue weighted by atomic mass is 32.2. The lowest BCUT2D eigenvalue weighted by Crippen LogP contribution is -2.30. The highest BCUT2D eigenvalue weighted by molar-refractivity contribution is 7.85. The van der Waals surface area contributed by atoms with E-state index in [0.717, 1.165) is 0 Å². The van der Waals surface area contributed by atoms with Crippen LogP contribution in [0.3, 0.4) is 0 Å². The molecule has 1 amide bonds. The molecule has 7 nitrogen and oxygen atoms in total. The van der Waals surface area contributed by atoms with Crippen LogP contribution in [0.5, 0.6) is 0 Å². The van der Waals surface area contributed by atoms with Gasteiger partial charge in [0.05, 0.1) is 18.9 Å². The summed E-state index contributed by atoms with van der Waals surface area (Å²) < 4.78 is 25.9. The topological polar surface area (TPSA) is 133 Å². The number of nitrogens with one attached hydrogen (secondary N) is 1. The van der Waals surface area contributed by atoms with Crippen LogP contribution in [-0.2, 0) is 14.9 Å². The van der Waals surface area contributed by atoms with Gasteiger partial charge in [-0.05, 0) is 0 Å². The first kappa shape index (κ1) is 14.4. The molecule has 0 aliphatic carbocycles. The molecule has 0 saturated carbocycles. The van der Waals surface area contributed by atoms with Crippen LogP contribution in [0.2, 0.25) is 0 Å². The molecule has 4 N–H and O–H groups in total. The number of nitriles is 1. The number of carbonyl (C=O) groups excluding carboxylic acids is 1. The first-order valence-electron chi connectivity index (χ1n) is 3.07. The van der Waals surface area contributed by atoms with Gasteiger partial charge in [0.25, 0.3) is 10.1 Å². The first-order valence-corrected chi connectivity index (χ1v) is 4.92. The van der Waals surface area contributed by atoms with Gasteiger partial charge in [-0.15, -0.1) is 0 Å². The Morgan fingerprint density at radius 1 is 1.69 bits per heavy atom. The summed E-state index contributed by atoms with van der Waals surface area (Å²) >= 11 is 0. The molecule has 0 rings (SSSR count). The summed E-state index contributed by atoms with van der Waals surface area (Å²) in [6.07, 6.45) is 0.715. The van der Waals surface area contributed by atoms with Crippen LogP contribution >= 0.6 is 0 Å². The average Bonchev–Trinajstić information content (AvgIpc) is 1.97. The second-order valence-electron chi connectivity index (χ2n) is 1.87. The smallest absolute Gasteiger partial charge is 0.261 e. The number of carbonyl (C=O) groups is 1. The predicted octanol–water partition coefficient (Wildman–Crippen LogP) is -1.91. The van der Waals surface area contributed by atoms with E-state index in [1.807, 2.05) is 0 Å². The predicted molar refractivity (Wildman–Crippen MR) is 45.1 cm³/mol. The molecular formula is C5H11N3O4S. The molecule has 76 valence electrons. The SMILES string of the molecule is CS(=O)(=O)O.N#CCNC(=O)CN. The summed E-state index contributed by atoms with van der Waals surface area (Å²) in [5, 5.41) is 10.2. The fourth-order valence-corrected chi connectivity index (χ4v) is 0.210. The highest BCUT2D eigenvalue weighted by Crippen LogP contribution is 1.60. The van der Waals surface area contributed by atoms with Crippen molar-refractivity contribution in [2.45, 2.75) is 0 Å². The lowest BCUT2D eigenvalue weighted by molar-refractivity contribution is -0.119. The van der Waals surface area contributed by atoms with Crippen molar-refractivity contribution in [1.82, 2.24) is 5.32 Å². The molecule has 8 heteroatoms. The first-order chi connectivity index (χ1) is 5.81. The summed E-state index contributed by atoms with van der Waals surface area (Å²) in [4.78, 5) is 10.2. The Morgan fingerprint density at radius 2 is 2.08 bits per heavy atom. The van der Waals surface area contributed by atoms with E-state index in [1.54, 1.807) is 6.07 Å². The third-order valence-electron chi connectivity index (χ3n) is 0.550. The molecule has 0 unspecified atom stereocenters. The molecule has 0 heterocycles. The number of nitrogens with zero attached hydrogens (tertiary/aromatic N) is 1. The Morgan fingerprint density at radius 3 is 2.31 bits per heavy atom. The van der Waals surface area contributed by atoms with E-state index in [4.69, 9.17) is 15.5 Å². The Labute approximate surface area is 76.3 Å². The van der Waals surface area contributed by atoms with E-state index in [1.165, 1.54) is 0 Å². The number of amides is 1. The van der Waals surface area contributed by atoms with Gasteiger partial charge >= 0.3 is 0 Å². The molecule has 0 aromatic carbocycles. The fraction of sp³-hybridized carbons (Fsp3) is 0.600. The second kappa shape index (κ2) is 7.48. The maximum atomic E-state index is 10.2. The van der Waals surface area contributed by atoms with Crippen molar-refractivity contribution in [3.8, 4) is 6.07 Å². The minimum atomic E-state index is -3.67. The van der Waals surface area contributed by atoms with Crippen LogP contribution < -0.4 is 11.1 Å². The van der Waals surface area contributed by atoms with Crippen molar-refractivity contribution in [1.29, 1.82) is 5.26 Å². The van der Waals surface area contributed by atoms with Crippen molar-refractivity contribution in [3.63, 3.8) is 0 Å². The molecule has 0 aromatic rings. The molecular weight excluding hydrogens is 198 g/mol. The van der Waals surface area contributed by atoms with Crippen LogP contribution in [0.1, 0.15) is 0 Å². The summed E-state index contributed by atoms with van der Waals surface area (Å²) in [5.41, 5.74) is 4.89. The average molecular weight is 209 g/mol. The number of hydrogen-bond acceptors (Lipinski definition) is 5. The van der Waals surface area contributed by atoms with Crippen molar-refractivity contribution in [3.05, 3.63) is 0 Å². The molecule has 0 bridgehead atoms. The van der Waals surface area contributed by atoms with Gasteiger partial charge in [0.1, 0.15) is 6.54 Å². The van der Waals surface area contributed by atoms with Crippen LogP contribution in [0.4, 0.5) is 0 Å². The zero-order valence-electron chi connectivity index (χ0n) is 7.02. The van der Waals surface area contributed by atoms with Crippen molar-refractivity contribution in [2.75, 3.05) is 19.3 Å². The third kappa shape index (κ3) is 36.2. The van der Waals surface area contributed by atoms with Gasteiger partial charge < -0.3 is 11.1 Å². The van der Waals surface area contributed by atoms with Gasteiger partial charge in [-0.1, -0.05) is 0 Å². The van der Waals surface area contributed by atoms with Crippen molar-refractivity contribution < 1.29 is 17.8 Å². The van der Waals surface area contributed by atoms with E-state index >= 15 is 0 Å². The van der Waals surface area contributed by atoms with E-state index in [0.29, 0.717) is 6.26 Å². The van der Waals surface area contributed by atoms with Crippen molar-refractivity contribution >= 4 is 16.0 Å². The molecule has 0 aliphatic rings. The van der Waals surface area contributed by atoms with E-state index < -0.39 is 10.1 Å². The molecule has 13 heavy (non-hydrogen) atoms. The monoisotopic (exact) mass is 209 g/mol. The number of nitrogens with two attached hydrogens (primary N) is 1. The Balaban J connectivity index is 0. The zero-order chi connectivity index (χ0) is 10.9. The minimum Gasteiger partial charge on any atom is -0.342 e. The number of hydrogen-bond donors (Lipinski definition) is 3. The maximum Gasteiger partial charge on any atom is 0.261 e. The van der Waals surface area contributed by atoms with Gasteiger partial charge in [0.15, 0.2) is 0 Å². The van der Waals surface area contributed by atoms with Crippen LogP contribution in [0.25, 0.3) is 0 Å². The summed E-state index contributed by atoms with van der Waals surface area (Å²) in [6.45, 7) is -0.0162. The largest absolute Gasteiger partial charge is 0.342 e. The Bertz CT molecular complexity index is 271. The fourth-order valence-electron chi connectivity index (χ4n) is 0.210. The summed E-state index contributed by atoms with van der Waals surface area (Å²) in [6, 6.07) is 1.75. The number of rotatable bonds is 2. The van der Waals surface area contributed by atoms with E-state index in [9.17, 15) is 13.2 Å². The van der Waals surface area contributed by atoms with Crippen LogP contribution in [0, 0.1) is 11.3 Å². The third-order valence-corrected chi connectivity index (χ3v) is 0.550. The lowest BCUT2D eigenvalue weighted by atomic mass is 10.6. The molecule has 0 fully saturated rings. The van der Waals surface area contributed by atoms with Gasteiger partial charge in [0.2, 0.25) is 5.91 Å². The maximum absolute atomic E-state index is 10.2. The molecule has 0 atom stereocenters. The quantitative estimate of drug-likeness (QED) is 0.359. The van der Waals surface area contributed by atoms with Gasteiger partial charge in [-0.3, -0.25) is 9.35 Å². The normalized spacial score (nSPS) is 9.08. The summed E-state index contributed by atoms with van der Waals surface area (Å²) in [5.74, 6) is -0.299. The zero-order valence-corrected chi connectivity index (χ0v) is 7.84. The van der Waals surface area contributed by atoms with Gasteiger partial charge in [-0.2, -0.15) is 13.7 Å². The minimum absolute atomic E-state index is 0.0377. The molecule has 0 spiro atoms. The van der Waals surface area contributed by atoms with E-state index in [2.05, 4.69) is 5.32 Å². The van der Waals surface area contributed by atoms with Gasteiger partial charge in [0, 0.05) is 0 Å².